The number of nitrogens with zero attached hydrogens (tertiary/aromatic N) is 3. The summed E-state index contributed by atoms with van der Waals surface area (Å²) in [7, 11) is -1.91. The molecule has 0 unspecified atom stereocenters. The number of benzene rings is 1. The van der Waals surface area contributed by atoms with E-state index in [1.165, 1.54) is 10.4 Å². The second-order valence-corrected chi connectivity index (χ2v) is 9.08. The summed E-state index contributed by atoms with van der Waals surface area (Å²) >= 11 is 0. The molecule has 4 rings (SSSR count). The van der Waals surface area contributed by atoms with E-state index in [1.807, 2.05) is 33.0 Å². The number of H-pyrrole nitrogens is 1. The highest BCUT2D eigenvalue weighted by atomic mass is 32.2. The lowest BCUT2D eigenvalue weighted by Crippen LogP contribution is -2.47. The Balaban J connectivity index is 1.82. The van der Waals surface area contributed by atoms with Gasteiger partial charge >= 0.3 is 0 Å². The molecule has 28 heavy (non-hydrogen) atoms. The van der Waals surface area contributed by atoms with Crippen molar-refractivity contribution in [1.82, 2.24) is 19.3 Å². The van der Waals surface area contributed by atoms with Gasteiger partial charge in [-0.2, -0.15) is 4.31 Å². The molecule has 1 saturated heterocycles. The molecule has 9 heteroatoms. The molecule has 0 spiro atoms. The van der Waals surface area contributed by atoms with Gasteiger partial charge in [0.25, 0.3) is 5.56 Å². The van der Waals surface area contributed by atoms with Crippen LogP contribution in [0.15, 0.2) is 38.5 Å². The SMILES string of the molecule is Cc1noc(C)c1-c1ccc2[nH]c(=O)c(S(=O)(=O)N3CCN(C)CC3)cc2c1. The van der Waals surface area contributed by atoms with E-state index in [9.17, 15) is 13.2 Å². The van der Waals surface area contributed by atoms with E-state index < -0.39 is 15.6 Å². The number of aromatic amines is 1. The highest BCUT2D eigenvalue weighted by molar-refractivity contribution is 7.89. The Morgan fingerprint density at radius 1 is 1.11 bits per heavy atom. The molecule has 1 fully saturated rings. The maximum absolute atomic E-state index is 13.0. The number of likely N-dealkylation sites (N-methyl/N-ethyl adjacent to an activating group) is 1. The quantitative estimate of drug-likeness (QED) is 0.716. The summed E-state index contributed by atoms with van der Waals surface area (Å²) in [5, 5.41) is 4.61. The monoisotopic (exact) mass is 402 g/mol. The van der Waals surface area contributed by atoms with Crippen LogP contribution in [0.2, 0.25) is 0 Å². The van der Waals surface area contributed by atoms with Gasteiger partial charge in [0, 0.05) is 42.6 Å². The predicted molar refractivity (Wildman–Crippen MR) is 106 cm³/mol. The lowest BCUT2D eigenvalue weighted by atomic mass is 10.0. The highest BCUT2D eigenvalue weighted by Crippen LogP contribution is 2.29. The summed E-state index contributed by atoms with van der Waals surface area (Å²) in [5.41, 5.74) is 2.47. The van der Waals surface area contributed by atoms with Crippen LogP contribution >= 0.6 is 0 Å². The van der Waals surface area contributed by atoms with Gasteiger partial charge in [-0.25, -0.2) is 8.42 Å². The minimum atomic E-state index is -3.86. The Kier molecular flexibility index (Phi) is 4.60. The molecule has 3 heterocycles. The van der Waals surface area contributed by atoms with Crippen LogP contribution < -0.4 is 5.56 Å². The third-order valence-corrected chi connectivity index (χ3v) is 7.12. The molecule has 8 nitrogen and oxygen atoms in total. The van der Waals surface area contributed by atoms with E-state index >= 15 is 0 Å². The van der Waals surface area contributed by atoms with Gasteiger partial charge in [-0.3, -0.25) is 4.79 Å². The third-order valence-electron chi connectivity index (χ3n) is 5.21. The molecule has 1 N–H and O–H groups in total. The zero-order valence-electron chi connectivity index (χ0n) is 16.0. The summed E-state index contributed by atoms with van der Waals surface area (Å²) in [6.45, 7) is 5.70. The fraction of sp³-hybridized carbons (Fsp3) is 0.368. The topological polar surface area (TPSA) is 99.5 Å². The van der Waals surface area contributed by atoms with Crippen LogP contribution in [-0.4, -0.2) is 61.0 Å². The second-order valence-electron chi connectivity index (χ2n) is 7.17. The van der Waals surface area contributed by atoms with E-state index in [0.29, 0.717) is 42.8 Å². The van der Waals surface area contributed by atoms with Crippen LogP contribution in [-0.2, 0) is 10.0 Å². The van der Waals surface area contributed by atoms with Crippen molar-refractivity contribution in [2.24, 2.45) is 0 Å². The number of sulfonamides is 1. The minimum Gasteiger partial charge on any atom is -0.361 e. The van der Waals surface area contributed by atoms with E-state index in [1.54, 1.807) is 6.07 Å². The number of pyridine rings is 1. The molecule has 1 aliphatic heterocycles. The molecule has 1 aliphatic rings. The molecule has 1 aromatic carbocycles. The van der Waals surface area contributed by atoms with Crippen LogP contribution in [0.5, 0.6) is 0 Å². The first kappa shape index (κ1) is 18.9. The smallest absolute Gasteiger partial charge is 0.268 e. The molecule has 0 aliphatic carbocycles. The Morgan fingerprint density at radius 2 is 1.82 bits per heavy atom. The molecule has 0 saturated carbocycles. The van der Waals surface area contributed by atoms with Crippen molar-refractivity contribution in [3.05, 3.63) is 46.1 Å². The first-order chi connectivity index (χ1) is 13.3. The zero-order valence-corrected chi connectivity index (χ0v) is 16.8. The maximum Gasteiger partial charge on any atom is 0.268 e. The van der Waals surface area contributed by atoms with Crippen LogP contribution in [0.1, 0.15) is 11.5 Å². The van der Waals surface area contributed by atoms with Gasteiger partial charge in [0.15, 0.2) is 0 Å². The van der Waals surface area contributed by atoms with E-state index in [2.05, 4.69) is 15.0 Å². The van der Waals surface area contributed by atoms with Crippen LogP contribution in [0.25, 0.3) is 22.0 Å². The normalized spacial score (nSPS) is 16.7. The number of aryl methyl sites for hydroxylation is 2. The van der Waals surface area contributed by atoms with Crippen molar-refractivity contribution in [2.45, 2.75) is 18.7 Å². The Bertz CT molecular complexity index is 1180. The van der Waals surface area contributed by atoms with Crippen LogP contribution in [0.4, 0.5) is 0 Å². The molecule has 0 atom stereocenters. The molecule has 0 amide bonds. The number of piperazine rings is 1. The number of nitrogens with one attached hydrogen (secondary N) is 1. The summed E-state index contributed by atoms with van der Waals surface area (Å²) < 4.78 is 32.7. The Hall–Kier alpha value is -2.49. The van der Waals surface area contributed by atoms with Gasteiger partial charge < -0.3 is 14.4 Å². The fourth-order valence-corrected chi connectivity index (χ4v) is 5.08. The minimum absolute atomic E-state index is 0.222. The molecule has 2 aromatic heterocycles. The Labute approximate surface area is 162 Å². The van der Waals surface area contributed by atoms with Crippen molar-refractivity contribution >= 4 is 20.9 Å². The van der Waals surface area contributed by atoms with E-state index in [-0.39, 0.29) is 4.90 Å². The van der Waals surface area contributed by atoms with E-state index in [4.69, 9.17) is 4.52 Å². The number of fused-ring (bicyclic) bond motifs is 1. The standard InChI is InChI=1S/C19H22N4O4S/c1-12-18(13(2)27-21-12)14-4-5-16-15(10-14)11-17(19(24)20-16)28(25,26)23-8-6-22(3)7-9-23/h4-5,10-11H,6-9H2,1-3H3,(H,20,24). The molecular weight excluding hydrogens is 380 g/mol. The van der Waals surface area contributed by atoms with Gasteiger partial charge in [-0.15, -0.1) is 0 Å². The Morgan fingerprint density at radius 3 is 2.46 bits per heavy atom. The lowest BCUT2D eigenvalue weighted by molar-refractivity contribution is 0.222. The maximum atomic E-state index is 13.0. The first-order valence-electron chi connectivity index (χ1n) is 9.06. The first-order valence-corrected chi connectivity index (χ1v) is 10.5. The van der Waals surface area contributed by atoms with Crippen molar-refractivity contribution < 1.29 is 12.9 Å². The van der Waals surface area contributed by atoms with Crippen LogP contribution in [0.3, 0.4) is 0 Å². The van der Waals surface area contributed by atoms with Crippen molar-refractivity contribution in [2.75, 3.05) is 33.2 Å². The van der Waals surface area contributed by atoms with Gasteiger partial charge in [0.05, 0.1) is 5.69 Å². The molecule has 0 bridgehead atoms. The third kappa shape index (κ3) is 3.15. The molecule has 3 aromatic rings. The summed E-state index contributed by atoms with van der Waals surface area (Å²) in [6.07, 6.45) is 0. The second kappa shape index (κ2) is 6.84. The average Bonchev–Trinajstić information content (AvgIpc) is 2.99. The summed E-state index contributed by atoms with van der Waals surface area (Å²) in [5.74, 6) is 0.687. The molecule has 0 radical (unpaired) electrons. The van der Waals surface area contributed by atoms with Gasteiger partial charge in [-0.05, 0) is 44.7 Å². The van der Waals surface area contributed by atoms with E-state index in [0.717, 1.165) is 16.8 Å². The zero-order chi connectivity index (χ0) is 20.1. The number of rotatable bonds is 3. The average molecular weight is 402 g/mol. The number of aromatic nitrogens is 2. The van der Waals surface area contributed by atoms with Crippen LogP contribution in [0, 0.1) is 13.8 Å². The highest BCUT2D eigenvalue weighted by Gasteiger charge is 2.30. The van der Waals surface area contributed by atoms with Crippen molar-refractivity contribution in [1.29, 1.82) is 0 Å². The van der Waals surface area contributed by atoms with Crippen molar-refractivity contribution in [3.8, 4) is 11.1 Å². The van der Waals surface area contributed by atoms with Crippen molar-refractivity contribution in [3.63, 3.8) is 0 Å². The largest absolute Gasteiger partial charge is 0.361 e. The lowest BCUT2D eigenvalue weighted by Gasteiger charge is -2.31. The van der Waals surface area contributed by atoms with Gasteiger partial charge in [-0.1, -0.05) is 11.2 Å². The predicted octanol–water partition coefficient (Wildman–Crippen LogP) is 1.74. The summed E-state index contributed by atoms with van der Waals surface area (Å²) in [4.78, 5) is 17.1. The fourth-order valence-electron chi connectivity index (χ4n) is 3.60. The number of hydrogen-bond donors (Lipinski definition) is 1. The number of hydrogen-bond acceptors (Lipinski definition) is 6. The molecule has 148 valence electrons. The molecular formula is C19H22N4O4S. The van der Waals surface area contributed by atoms with Gasteiger partial charge in [0.2, 0.25) is 10.0 Å². The van der Waals surface area contributed by atoms with Gasteiger partial charge in [0.1, 0.15) is 10.7 Å². The summed E-state index contributed by atoms with van der Waals surface area (Å²) in [6, 6.07) is 6.94.